The third-order valence-electron chi connectivity index (χ3n) is 4.84. The van der Waals surface area contributed by atoms with E-state index in [1.165, 1.54) is 0 Å². The second kappa shape index (κ2) is 11.4. The molecule has 0 aliphatic carbocycles. The van der Waals surface area contributed by atoms with Gasteiger partial charge in [-0.3, -0.25) is 9.59 Å². The van der Waals surface area contributed by atoms with Gasteiger partial charge >= 0.3 is 0 Å². The Morgan fingerprint density at radius 1 is 1.10 bits per heavy atom. The van der Waals surface area contributed by atoms with E-state index in [1.807, 2.05) is 43.8 Å². The highest BCUT2D eigenvalue weighted by Crippen LogP contribution is 2.16. The molecule has 7 nitrogen and oxygen atoms in total. The van der Waals surface area contributed by atoms with Crippen molar-refractivity contribution >= 4 is 11.8 Å². The summed E-state index contributed by atoms with van der Waals surface area (Å²) in [6.07, 6.45) is 1.95. The molecule has 2 rings (SSSR count). The predicted molar refractivity (Wildman–Crippen MR) is 116 cm³/mol. The fraction of sp³-hybridized carbons (Fsp3) is 0.478. The summed E-state index contributed by atoms with van der Waals surface area (Å²) in [6, 6.07) is 11.0. The van der Waals surface area contributed by atoms with Crippen molar-refractivity contribution in [1.29, 1.82) is 0 Å². The summed E-state index contributed by atoms with van der Waals surface area (Å²) in [4.78, 5) is 29.7. The Bertz CT molecular complexity index is 831. The normalized spacial score (nSPS) is 10.9. The zero-order valence-corrected chi connectivity index (χ0v) is 18.6. The number of aryl methyl sites for hydroxylation is 1. The van der Waals surface area contributed by atoms with Crippen molar-refractivity contribution in [2.75, 3.05) is 40.5 Å². The lowest BCUT2D eigenvalue weighted by molar-refractivity contribution is -0.133. The second-order valence-electron chi connectivity index (χ2n) is 7.73. The molecule has 0 atom stereocenters. The van der Waals surface area contributed by atoms with Crippen LogP contribution in [0.25, 0.3) is 0 Å². The lowest BCUT2D eigenvalue weighted by Gasteiger charge is -2.29. The highest BCUT2D eigenvalue weighted by Gasteiger charge is 2.24. The summed E-state index contributed by atoms with van der Waals surface area (Å²) in [7, 11) is 5.13. The molecule has 0 saturated heterocycles. The number of ether oxygens (including phenoxy) is 2. The Balaban J connectivity index is 2.19. The van der Waals surface area contributed by atoms with Gasteiger partial charge in [-0.2, -0.15) is 0 Å². The minimum Gasteiger partial charge on any atom is -0.497 e. The molecule has 0 radical (unpaired) electrons. The van der Waals surface area contributed by atoms with E-state index in [4.69, 9.17) is 9.47 Å². The molecule has 1 aromatic heterocycles. The minimum atomic E-state index is -0.179. The minimum absolute atomic E-state index is 0.0162. The predicted octanol–water partition coefficient (Wildman–Crippen LogP) is 2.81. The van der Waals surface area contributed by atoms with Crippen LogP contribution in [-0.2, 0) is 23.1 Å². The third-order valence-corrected chi connectivity index (χ3v) is 4.84. The number of benzene rings is 1. The van der Waals surface area contributed by atoms with Crippen LogP contribution in [0, 0.1) is 5.92 Å². The van der Waals surface area contributed by atoms with Crippen LogP contribution in [0.1, 0.15) is 29.9 Å². The summed E-state index contributed by atoms with van der Waals surface area (Å²) < 4.78 is 12.4. The fourth-order valence-electron chi connectivity index (χ4n) is 3.21. The first-order valence-corrected chi connectivity index (χ1v) is 10.2. The quantitative estimate of drug-likeness (QED) is 0.566. The van der Waals surface area contributed by atoms with Gasteiger partial charge in [0.2, 0.25) is 5.91 Å². The maximum Gasteiger partial charge on any atom is 0.254 e. The van der Waals surface area contributed by atoms with E-state index in [0.717, 1.165) is 5.69 Å². The van der Waals surface area contributed by atoms with Crippen molar-refractivity contribution in [3.63, 3.8) is 0 Å². The average molecular weight is 416 g/mol. The summed E-state index contributed by atoms with van der Waals surface area (Å²) >= 11 is 0. The first kappa shape index (κ1) is 23.5. The molecule has 1 heterocycles. The number of carbonyl (C=O) groups excluding carboxylic acids is 2. The Morgan fingerprint density at radius 3 is 2.47 bits per heavy atom. The molecule has 7 heteroatoms. The van der Waals surface area contributed by atoms with Crippen LogP contribution in [0.3, 0.4) is 0 Å². The van der Waals surface area contributed by atoms with E-state index in [-0.39, 0.29) is 24.3 Å². The number of aromatic nitrogens is 1. The van der Waals surface area contributed by atoms with Crippen LogP contribution in [0.15, 0.2) is 42.6 Å². The van der Waals surface area contributed by atoms with Gasteiger partial charge in [-0.25, -0.2) is 0 Å². The molecular formula is C23H33N3O4. The van der Waals surface area contributed by atoms with E-state index in [0.29, 0.717) is 37.6 Å². The van der Waals surface area contributed by atoms with Gasteiger partial charge in [0.1, 0.15) is 12.3 Å². The number of nitrogens with zero attached hydrogens (tertiary/aromatic N) is 3. The molecule has 0 aliphatic rings. The van der Waals surface area contributed by atoms with Crippen LogP contribution < -0.4 is 4.74 Å². The van der Waals surface area contributed by atoms with Gasteiger partial charge < -0.3 is 23.8 Å². The summed E-state index contributed by atoms with van der Waals surface area (Å²) in [6.45, 7) is 5.93. The van der Waals surface area contributed by atoms with Gasteiger partial charge in [-0.1, -0.05) is 19.9 Å². The topological polar surface area (TPSA) is 64.0 Å². The smallest absolute Gasteiger partial charge is 0.254 e. The summed E-state index contributed by atoms with van der Waals surface area (Å²) in [5.74, 6) is 0.557. The Morgan fingerprint density at radius 2 is 1.87 bits per heavy atom. The number of methoxy groups -OCH3 is 2. The van der Waals surface area contributed by atoms with E-state index < -0.39 is 0 Å². The van der Waals surface area contributed by atoms with Gasteiger partial charge in [0, 0.05) is 44.7 Å². The lowest BCUT2D eigenvalue weighted by atomic mass is 10.1. The molecule has 2 aromatic rings. The molecule has 30 heavy (non-hydrogen) atoms. The first-order chi connectivity index (χ1) is 14.3. The number of rotatable bonds is 11. The van der Waals surface area contributed by atoms with Gasteiger partial charge in [0.15, 0.2) is 0 Å². The zero-order chi connectivity index (χ0) is 22.1. The monoisotopic (exact) mass is 415 g/mol. The van der Waals surface area contributed by atoms with Gasteiger partial charge in [-0.05, 0) is 36.2 Å². The Kier molecular flexibility index (Phi) is 8.92. The molecule has 0 saturated carbocycles. The van der Waals surface area contributed by atoms with E-state index in [9.17, 15) is 9.59 Å². The fourth-order valence-corrected chi connectivity index (χ4v) is 3.21. The van der Waals surface area contributed by atoms with Crippen LogP contribution >= 0.6 is 0 Å². The molecular weight excluding hydrogens is 382 g/mol. The molecule has 164 valence electrons. The number of hydrogen-bond donors (Lipinski definition) is 0. The highest BCUT2D eigenvalue weighted by molar-refractivity contribution is 5.96. The third kappa shape index (κ3) is 6.62. The molecule has 1 aromatic carbocycles. The highest BCUT2D eigenvalue weighted by atomic mass is 16.5. The van der Waals surface area contributed by atoms with Crippen molar-refractivity contribution < 1.29 is 19.1 Å². The van der Waals surface area contributed by atoms with E-state index in [1.54, 1.807) is 48.3 Å². The molecule has 0 unspecified atom stereocenters. The maximum absolute atomic E-state index is 13.2. The van der Waals surface area contributed by atoms with Crippen LogP contribution in [0.2, 0.25) is 0 Å². The van der Waals surface area contributed by atoms with Crippen LogP contribution in [0.4, 0.5) is 0 Å². The molecule has 0 N–H and O–H groups in total. The van der Waals surface area contributed by atoms with Gasteiger partial charge in [-0.15, -0.1) is 0 Å². The number of amides is 2. The van der Waals surface area contributed by atoms with Gasteiger partial charge in [0.05, 0.1) is 20.3 Å². The summed E-state index contributed by atoms with van der Waals surface area (Å²) in [5, 5.41) is 0. The summed E-state index contributed by atoms with van der Waals surface area (Å²) in [5.41, 5.74) is 1.53. The Hall–Kier alpha value is -2.80. The van der Waals surface area contributed by atoms with Crippen molar-refractivity contribution in [2.45, 2.75) is 20.4 Å². The van der Waals surface area contributed by atoms with Crippen molar-refractivity contribution in [3.8, 4) is 5.75 Å². The number of carbonyl (C=O) groups is 2. The maximum atomic E-state index is 13.2. The van der Waals surface area contributed by atoms with Crippen molar-refractivity contribution in [1.82, 2.24) is 14.4 Å². The van der Waals surface area contributed by atoms with Crippen molar-refractivity contribution in [2.24, 2.45) is 13.0 Å². The number of hydrogen-bond acceptors (Lipinski definition) is 4. The molecule has 0 aliphatic heterocycles. The molecule has 0 fully saturated rings. The Labute approximate surface area is 179 Å². The van der Waals surface area contributed by atoms with Crippen molar-refractivity contribution in [3.05, 3.63) is 53.9 Å². The average Bonchev–Trinajstić information content (AvgIpc) is 3.14. The van der Waals surface area contributed by atoms with Crippen LogP contribution in [0.5, 0.6) is 5.75 Å². The molecule has 0 spiro atoms. The first-order valence-electron chi connectivity index (χ1n) is 10.2. The standard InChI is InChI=1S/C23H33N3O4/c1-18(2)15-26(23(28)19-8-6-10-21(14-19)30-5)17-22(27)25(12-13-29-4)16-20-9-7-11-24(20)3/h6-11,14,18H,12-13,15-17H2,1-5H3. The largest absolute Gasteiger partial charge is 0.497 e. The molecule has 0 bridgehead atoms. The zero-order valence-electron chi connectivity index (χ0n) is 18.6. The van der Waals surface area contributed by atoms with Crippen LogP contribution in [-0.4, -0.2) is 66.6 Å². The van der Waals surface area contributed by atoms with E-state index in [2.05, 4.69) is 0 Å². The SMILES string of the molecule is COCCN(Cc1cccn1C)C(=O)CN(CC(C)C)C(=O)c1cccc(OC)c1. The lowest BCUT2D eigenvalue weighted by Crippen LogP contribution is -2.45. The second-order valence-corrected chi connectivity index (χ2v) is 7.73. The van der Waals surface area contributed by atoms with Gasteiger partial charge in [0.25, 0.3) is 5.91 Å². The molecule has 2 amide bonds. The van der Waals surface area contributed by atoms with E-state index >= 15 is 0 Å².